The summed E-state index contributed by atoms with van der Waals surface area (Å²) in [6.45, 7) is 6.40. The molecule has 0 aromatic heterocycles. The summed E-state index contributed by atoms with van der Waals surface area (Å²) >= 11 is 0. The quantitative estimate of drug-likeness (QED) is 0.0199. The Morgan fingerprint density at radius 1 is 0.339 bits per heavy atom. The minimum absolute atomic E-state index is 0.114. The lowest BCUT2D eigenvalue weighted by atomic mass is 10.1. The number of carbonyl (C=O) groups excluding carboxylic acids is 3. The third-order valence-corrected chi connectivity index (χ3v) is 10.7. The van der Waals surface area contributed by atoms with Crippen molar-refractivity contribution >= 4 is 17.9 Å². The van der Waals surface area contributed by atoms with Crippen LogP contribution in [0.15, 0.2) is 85.1 Å². The van der Waals surface area contributed by atoms with Crippen molar-refractivity contribution in [1.82, 2.24) is 0 Å². The molecular weight excluding hydrogens is 769 g/mol. The molecule has 0 aliphatic carbocycles. The molecule has 0 N–H and O–H groups in total. The van der Waals surface area contributed by atoms with E-state index in [1.165, 1.54) is 109 Å². The Balaban J connectivity index is 4.47. The Labute approximate surface area is 382 Å². The summed E-state index contributed by atoms with van der Waals surface area (Å²) in [7, 11) is 0. The SMILES string of the molecule is CC\C=C/C=C\C=C/C=C\C=C/CCCC(=O)OC(COC(=O)CCCCC/C=C\CCCCCCCC)COC(=O)CCCCCCC/C=C\CCCCCCCCCCC. The highest BCUT2D eigenvalue weighted by Crippen LogP contribution is 2.14. The van der Waals surface area contributed by atoms with Gasteiger partial charge in [-0.15, -0.1) is 0 Å². The van der Waals surface area contributed by atoms with Gasteiger partial charge in [0.05, 0.1) is 0 Å². The first-order chi connectivity index (χ1) is 30.5. The summed E-state index contributed by atoms with van der Waals surface area (Å²) in [4.78, 5) is 37.9. The number of rotatable bonds is 45. The first kappa shape index (κ1) is 58.6. The Kier molecular flexibility index (Phi) is 47.5. The molecule has 6 heteroatoms. The second kappa shape index (κ2) is 50.2. The molecule has 0 aromatic carbocycles. The van der Waals surface area contributed by atoms with Gasteiger partial charge in [-0.05, 0) is 83.5 Å². The molecule has 62 heavy (non-hydrogen) atoms. The molecule has 0 rings (SSSR count). The van der Waals surface area contributed by atoms with Gasteiger partial charge in [0.2, 0.25) is 0 Å². The van der Waals surface area contributed by atoms with Gasteiger partial charge in [0.1, 0.15) is 13.2 Å². The molecule has 354 valence electrons. The summed E-state index contributed by atoms with van der Waals surface area (Å²) in [5, 5.41) is 0. The van der Waals surface area contributed by atoms with E-state index < -0.39 is 6.10 Å². The third kappa shape index (κ3) is 47.6. The van der Waals surface area contributed by atoms with Gasteiger partial charge < -0.3 is 14.2 Å². The van der Waals surface area contributed by atoms with Crippen molar-refractivity contribution in [3.8, 4) is 0 Å². The van der Waals surface area contributed by atoms with Gasteiger partial charge in [-0.3, -0.25) is 14.4 Å². The number of unbranched alkanes of at least 4 members (excludes halogenated alkanes) is 24. The summed E-state index contributed by atoms with van der Waals surface area (Å²) in [5.74, 6) is -1.02. The predicted molar refractivity (Wildman–Crippen MR) is 265 cm³/mol. The van der Waals surface area contributed by atoms with Crippen LogP contribution in [-0.2, 0) is 28.6 Å². The average molecular weight is 863 g/mol. The second-order valence-corrected chi connectivity index (χ2v) is 16.8. The minimum atomic E-state index is -0.822. The van der Waals surface area contributed by atoms with Gasteiger partial charge in [0, 0.05) is 19.3 Å². The van der Waals surface area contributed by atoms with Crippen molar-refractivity contribution < 1.29 is 28.6 Å². The molecule has 1 atom stereocenters. The lowest BCUT2D eigenvalue weighted by Gasteiger charge is -2.18. The van der Waals surface area contributed by atoms with Crippen LogP contribution >= 0.6 is 0 Å². The van der Waals surface area contributed by atoms with Crippen LogP contribution < -0.4 is 0 Å². The maximum absolute atomic E-state index is 12.7. The fourth-order valence-electron chi connectivity index (χ4n) is 6.87. The molecule has 0 saturated heterocycles. The van der Waals surface area contributed by atoms with Crippen molar-refractivity contribution in [2.24, 2.45) is 0 Å². The van der Waals surface area contributed by atoms with E-state index >= 15 is 0 Å². The van der Waals surface area contributed by atoms with Gasteiger partial charge in [-0.2, -0.15) is 0 Å². The fraction of sp³-hybridized carbons (Fsp3) is 0.696. The lowest BCUT2D eigenvalue weighted by molar-refractivity contribution is -0.167. The average Bonchev–Trinajstić information content (AvgIpc) is 3.27. The highest BCUT2D eigenvalue weighted by molar-refractivity contribution is 5.71. The van der Waals surface area contributed by atoms with E-state index in [9.17, 15) is 14.4 Å². The smallest absolute Gasteiger partial charge is 0.306 e. The molecule has 0 aromatic rings. The highest BCUT2D eigenvalue weighted by Gasteiger charge is 2.19. The maximum Gasteiger partial charge on any atom is 0.306 e. The van der Waals surface area contributed by atoms with Gasteiger partial charge in [-0.25, -0.2) is 0 Å². The van der Waals surface area contributed by atoms with Gasteiger partial charge in [0.25, 0.3) is 0 Å². The monoisotopic (exact) mass is 863 g/mol. The zero-order valence-corrected chi connectivity index (χ0v) is 40.4. The third-order valence-electron chi connectivity index (χ3n) is 10.7. The fourth-order valence-corrected chi connectivity index (χ4v) is 6.87. The largest absolute Gasteiger partial charge is 0.462 e. The minimum Gasteiger partial charge on any atom is -0.462 e. The van der Waals surface area contributed by atoms with E-state index in [2.05, 4.69) is 51.2 Å². The van der Waals surface area contributed by atoms with Crippen LogP contribution in [-0.4, -0.2) is 37.2 Å². The Bertz CT molecular complexity index is 1220. The summed E-state index contributed by atoms with van der Waals surface area (Å²) < 4.78 is 16.7. The number of carbonyl (C=O) groups is 3. The normalized spacial score (nSPS) is 12.8. The number of allylic oxidation sites excluding steroid dienone is 14. The van der Waals surface area contributed by atoms with Crippen LogP contribution in [0.25, 0.3) is 0 Å². The van der Waals surface area contributed by atoms with Crippen molar-refractivity contribution in [2.75, 3.05) is 13.2 Å². The van der Waals surface area contributed by atoms with Crippen LogP contribution in [0, 0.1) is 0 Å². The van der Waals surface area contributed by atoms with E-state index in [4.69, 9.17) is 14.2 Å². The van der Waals surface area contributed by atoms with Crippen molar-refractivity contribution in [2.45, 2.75) is 239 Å². The molecule has 0 bridgehead atoms. The topological polar surface area (TPSA) is 78.9 Å². The number of ether oxygens (including phenoxy) is 3. The number of esters is 3. The molecule has 0 fully saturated rings. The zero-order valence-electron chi connectivity index (χ0n) is 40.4. The molecule has 6 nitrogen and oxygen atoms in total. The van der Waals surface area contributed by atoms with Crippen molar-refractivity contribution in [3.05, 3.63) is 85.1 Å². The molecule has 0 saturated carbocycles. The predicted octanol–water partition coefficient (Wildman–Crippen LogP) is 16.8. The maximum atomic E-state index is 12.7. The molecule has 0 aliphatic rings. The molecule has 0 amide bonds. The summed E-state index contributed by atoms with van der Waals surface area (Å²) in [5.41, 5.74) is 0. The van der Waals surface area contributed by atoms with Gasteiger partial charge >= 0.3 is 17.9 Å². The molecule has 0 spiro atoms. The van der Waals surface area contributed by atoms with Crippen LogP contribution in [0.4, 0.5) is 0 Å². The molecule has 0 radical (unpaired) electrons. The Morgan fingerprint density at radius 2 is 0.661 bits per heavy atom. The van der Waals surface area contributed by atoms with Gasteiger partial charge in [0.15, 0.2) is 6.10 Å². The zero-order chi connectivity index (χ0) is 45.1. The first-order valence-electron chi connectivity index (χ1n) is 25.7. The van der Waals surface area contributed by atoms with Crippen LogP contribution in [0.2, 0.25) is 0 Å². The Hall–Kier alpha value is -3.41. The molecule has 0 heterocycles. The van der Waals surface area contributed by atoms with E-state index in [-0.39, 0.29) is 37.5 Å². The summed E-state index contributed by atoms with van der Waals surface area (Å²) in [6.07, 6.45) is 64.4. The standard InChI is InChI=1S/C56H94O6/c1-4-7-10-13-16-19-22-25-26-27-28-29-32-34-37-40-43-46-49-55(58)61-52-53(62-56(59)50-47-44-41-38-35-31-24-21-18-15-12-9-6-3)51-60-54(57)48-45-42-39-36-33-30-23-20-17-14-11-8-5-2/h9,12,15,18,21,24,28-31,33,35,38,41,53H,4-8,10-11,13-14,16-17,19-20,22-23,25-27,32,34,36-37,39-40,42-52H2,1-3H3/b12-9-,18-15-,24-21-,29-28-,33-30-,35-31-,41-38-. The van der Waals surface area contributed by atoms with E-state index in [1.807, 2.05) is 54.7 Å². The summed E-state index contributed by atoms with van der Waals surface area (Å²) in [6, 6.07) is 0. The number of hydrogen-bond donors (Lipinski definition) is 0. The first-order valence-corrected chi connectivity index (χ1v) is 25.7. The molecule has 1 unspecified atom stereocenters. The van der Waals surface area contributed by atoms with Crippen LogP contribution in [0.1, 0.15) is 233 Å². The molecule has 0 aliphatic heterocycles. The molecular formula is C56H94O6. The van der Waals surface area contributed by atoms with Crippen LogP contribution in [0.5, 0.6) is 0 Å². The van der Waals surface area contributed by atoms with Crippen LogP contribution in [0.3, 0.4) is 0 Å². The van der Waals surface area contributed by atoms with E-state index in [0.717, 1.165) is 77.0 Å². The van der Waals surface area contributed by atoms with Crippen molar-refractivity contribution in [3.63, 3.8) is 0 Å². The Morgan fingerprint density at radius 3 is 1.08 bits per heavy atom. The lowest BCUT2D eigenvalue weighted by Crippen LogP contribution is -2.30. The second-order valence-electron chi connectivity index (χ2n) is 16.8. The highest BCUT2D eigenvalue weighted by atomic mass is 16.6. The van der Waals surface area contributed by atoms with E-state index in [1.54, 1.807) is 0 Å². The number of hydrogen-bond acceptors (Lipinski definition) is 6. The van der Waals surface area contributed by atoms with E-state index in [0.29, 0.717) is 19.3 Å². The van der Waals surface area contributed by atoms with Crippen molar-refractivity contribution in [1.29, 1.82) is 0 Å². The van der Waals surface area contributed by atoms with Gasteiger partial charge in [-0.1, -0.05) is 215 Å².